The number of aryl methyl sites for hydroxylation is 2. The molecule has 0 aromatic carbocycles. The molecule has 1 unspecified atom stereocenters. The van der Waals surface area contributed by atoms with E-state index in [9.17, 15) is 4.79 Å². The molecule has 0 spiro atoms. The van der Waals surface area contributed by atoms with Crippen LogP contribution in [0.4, 0.5) is 0 Å². The largest absolute Gasteiger partial charge is 0.379 e. The molecule has 3 rings (SSSR count). The lowest BCUT2D eigenvalue weighted by Gasteiger charge is -2.32. The van der Waals surface area contributed by atoms with Crippen molar-refractivity contribution in [3.8, 4) is 0 Å². The summed E-state index contributed by atoms with van der Waals surface area (Å²) < 4.78 is 7.06. The number of carbonyl (C=O) groups excluding carboxylic acids is 1. The molecule has 3 heterocycles. The van der Waals surface area contributed by atoms with Gasteiger partial charge in [-0.15, -0.1) is 0 Å². The standard InChI is InChI=1S/C16H23N5O2/c1-11-8-12(2)21-15(19-11)14(10-18-21)16(22)17-9-13(3)20-4-6-23-7-5-20/h8,10,13H,4-7,9H2,1-3H3,(H,17,22). The summed E-state index contributed by atoms with van der Waals surface area (Å²) in [6.07, 6.45) is 1.59. The van der Waals surface area contributed by atoms with Crippen molar-refractivity contribution < 1.29 is 9.53 Å². The molecule has 0 radical (unpaired) electrons. The SMILES string of the molecule is Cc1cc(C)n2ncc(C(=O)NCC(C)N3CCOCC3)c2n1. The second kappa shape index (κ2) is 6.64. The van der Waals surface area contributed by atoms with Crippen LogP contribution >= 0.6 is 0 Å². The minimum absolute atomic E-state index is 0.127. The van der Waals surface area contributed by atoms with Crippen molar-refractivity contribution in [1.82, 2.24) is 24.8 Å². The molecule has 1 N–H and O–H groups in total. The molecule has 1 amide bonds. The molecule has 2 aromatic rings. The van der Waals surface area contributed by atoms with Crippen molar-refractivity contribution in [3.05, 3.63) is 29.2 Å². The Labute approximate surface area is 135 Å². The summed E-state index contributed by atoms with van der Waals surface area (Å²) in [6.45, 7) is 9.93. The lowest BCUT2D eigenvalue weighted by molar-refractivity contribution is 0.0204. The van der Waals surface area contributed by atoms with Gasteiger partial charge in [-0.1, -0.05) is 0 Å². The highest BCUT2D eigenvalue weighted by molar-refractivity contribution is 5.99. The van der Waals surface area contributed by atoms with Crippen molar-refractivity contribution in [2.45, 2.75) is 26.8 Å². The van der Waals surface area contributed by atoms with Crippen molar-refractivity contribution in [3.63, 3.8) is 0 Å². The molecule has 1 atom stereocenters. The van der Waals surface area contributed by atoms with Gasteiger partial charge in [-0.3, -0.25) is 9.69 Å². The molecular formula is C16H23N5O2. The van der Waals surface area contributed by atoms with Crippen LogP contribution in [0.2, 0.25) is 0 Å². The number of hydrogen-bond acceptors (Lipinski definition) is 5. The normalized spacial score (nSPS) is 17.3. The van der Waals surface area contributed by atoms with Crippen LogP contribution in [0.3, 0.4) is 0 Å². The first-order valence-electron chi connectivity index (χ1n) is 7.98. The molecule has 1 fully saturated rings. The number of ether oxygens (including phenoxy) is 1. The molecule has 1 saturated heterocycles. The summed E-state index contributed by atoms with van der Waals surface area (Å²) >= 11 is 0. The average Bonchev–Trinajstić information content (AvgIpc) is 2.97. The van der Waals surface area contributed by atoms with Crippen LogP contribution in [0.1, 0.15) is 28.7 Å². The Morgan fingerprint density at radius 1 is 1.39 bits per heavy atom. The predicted molar refractivity (Wildman–Crippen MR) is 86.6 cm³/mol. The van der Waals surface area contributed by atoms with Gasteiger partial charge in [-0.25, -0.2) is 9.50 Å². The number of fused-ring (bicyclic) bond motifs is 1. The first-order chi connectivity index (χ1) is 11.1. The van der Waals surface area contributed by atoms with Crippen molar-refractivity contribution in [2.75, 3.05) is 32.8 Å². The monoisotopic (exact) mass is 317 g/mol. The number of aromatic nitrogens is 3. The predicted octanol–water partition coefficient (Wildman–Crippen LogP) is 0.797. The number of carbonyl (C=O) groups is 1. The van der Waals surface area contributed by atoms with Gasteiger partial charge in [0, 0.05) is 37.1 Å². The third kappa shape index (κ3) is 3.35. The smallest absolute Gasteiger partial charge is 0.256 e. The minimum atomic E-state index is -0.127. The van der Waals surface area contributed by atoms with Crippen LogP contribution in [-0.4, -0.2) is 64.3 Å². The summed E-state index contributed by atoms with van der Waals surface area (Å²) in [5.74, 6) is -0.127. The lowest BCUT2D eigenvalue weighted by Crippen LogP contribution is -2.47. The van der Waals surface area contributed by atoms with E-state index in [0.29, 0.717) is 17.8 Å². The van der Waals surface area contributed by atoms with E-state index in [1.165, 1.54) is 0 Å². The van der Waals surface area contributed by atoms with Gasteiger partial charge in [-0.05, 0) is 26.8 Å². The summed E-state index contributed by atoms with van der Waals surface area (Å²) in [7, 11) is 0. The maximum Gasteiger partial charge on any atom is 0.256 e. The Kier molecular flexibility index (Phi) is 4.58. The molecular weight excluding hydrogens is 294 g/mol. The number of morpholine rings is 1. The first kappa shape index (κ1) is 15.9. The van der Waals surface area contributed by atoms with E-state index in [2.05, 4.69) is 27.2 Å². The Morgan fingerprint density at radius 2 is 2.13 bits per heavy atom. The zero-order valence-corrected chi connectivity index (χ0v) is 13.9. The topological polar surface area (TPSA) is 71.8 Å². The van der Waals surface area contributed by atoms with Gasteiger partial charge in [-0.2, -0.15) is 5.10 Å². The molecule has 124 valence electrons. The van der Waals surface area contributed by atoms with Gasteiger partial charge in [0.15, 0.2) is 5.65 Å². The Morgan fingerprint density at radius 3 is 2.87 bits per heavy atom. The fourth-order valence-corrected chi connectivity index (χ4v) is 2.91. The number of hydrogen-bond donors (Lipinski definition) is 1. The number of nitrogens with zero attached hydrogens (tertiary/aromatic N) is 4. The van der Waals surface area contributed by atoms with E-state index >= 15 is 0 Å². The minimum Gasteiger partial charge on any atom is -0.379 e. The highest BCUT2D eigenvalue weighted by atomic mass is 16.5. The van der Waals surface area contributed by atoms with E-state index in [0.717, 1.165) is 37.7 Å². The Balaban J connectivity index is 1.69. The van der Waals surface area contributed by atoms with Crippen molar-refractivity contribution in [2.24, 2.45) is 0 Å². The van der Waals surface area contributed by atoms with Crippen LogP contribution in [-0.2, 0) is 4.74 Å². The maximum atomic E-state index is 12.5. The average molecular weight is 317 g/mol. The molecule has 0 saturated carbocycles. The fourth-order valence-electron chi connectivity index (χ4n) is 2.91. The zero-order valence-electron chi connectivity index (χ0n) is 13.9. The van der Waals surface area contributed by atoms with Gasteiger partial charge < -0.3 is 10.1 Å². The van der Waals surface area contributed by atoms with Gasteiger partial charge in [0.1, 0.15) is 5.56 Å². The van der Waals surface area contributed by atoms with E-state index in [1.54, 1.807) is 10.7 Å². The maximum absolute atomic E-state index is 12.5. The second-order valence-electron chi connectivity index (χ2n) is 6.04. The molecule has 23 heavy (non-hydrogen) atoms. The third-order valence-electron chi connectivity index (χ3n) is 4.25. The molecule has 2 aromatic heterocycles. The summed E-state index contributed by atoms with van der Waals surface area (Å²) in [5.41, 5.74) is 2.98. The fraction of sp³-hybridized carbons (Fsp3) is 0.562. The molecule has 1 aliphatic heterocycles. The van der Waals surface area contributed by atoms with E-state index in [4.69, 9.17) is 4.74 Å². The highest BCUT2D eigenvalue weighted by Gasteiger charge is 2.19. The van der Waals surface area contributed by atoms with Crippen LogP contribution in [0.15, 0.2) is 12.3 Å². The summed E-state index contributed by atoms with van der Waals surface area (Å²) in [4.78, 5) is 19.3. The van der Waals surface area contributed by atoms with Crippen LogP contribution < -0.4 is 5.32 Å². The zero-order chi connectivity index (χ0) is 16.4. The number of rotatable bonds is 4. The van der Waals surface area contributed by atoms with Crippen LogP contribution in [0.5, 0.6) is 0 Å². The van der Waals surface area contributed by atoms with Gasteiger partial charge in [0.25, 0.3) is 5.91 Å². The Bertz CT molecular complexity index is 706. The van der Waals surface area contributed by atoms with Crippen molar-refractivity contribution in [1.29, 1.82) is 0 Å². The Hall–Kier alpha value is -1.99. The first-order valence-corrected chi connectivity index (χ1v) is 7.98. The van der Waals surface area contributed by atoms with Crippen LogP contribution in [0, 0.1) is 13.8 Å². The van der Waals surface area contributed by atoms with Crippen LogP contribution in [0.25, 0.3) is 5.65 Å². The highest BCUT2D eigenvalue weighted by Crippen LogP contribution is 2.12. The van der Waals surface area contributed by atoms with Gasteiger partial charge in [0.2, 0.25) is 0 Å². The van der Waals surface area contributed by atoms with E-state index in [-0.39, 0.29) is 11.9 Å². The van der Waals surface area contributed by atoms with Crippen molar-refractivity contribution >= 4 is 11.6 Å². The molecule has 0 aliphatic carbocycles. The van der Waals surface area contributed by atoms with Gasteiger partial charge >= 0.3 is 0 Å². The lowest BCUT2D eigenvalue weighted by atomic mass is 10.2. The number of nitrogens with one attached hydrogen (secondary N) is 1. The number of amides is 1. The molecule has 7 nitrogen and oxygen atoms in total. The van der Waals surface area contributed by atoms with E-state index < -0.39 is 0 Å². The molecule has 1 aliphatic rings. The molecule has 7 heteroatoms. The summed E-state index contributed by atoms with van der Waals surface area (Å²) in [6, 6.07) is 2.23. The third-order valence-corrected chi connectivity index (χ3v) is 4.25. The van der Waals surface area contributed by atoms with E-state index in [1.807, 2.05) is 19.9 Å². The molecule has 0 bridgehead atoms. The summed E-state index contributed by atoms with van der Waals surface area (Å²) in [5, 5.41) is 7.26. The quantitative estimate of drug-likeness (QED) is 0.903. The second-order valence-corrected chi connectivity index (χ2v) is 6.04. The van der Waals surface area contributed by atoms with Gasteiger partial charge in [0.05, 0.1) is 19.4 Å².